The predicted molar refractivity (Wildman–Crippen MR) is 50.8 cm³/mol. The lowest BCUT2D eigenvalue weighted by Crippen LogP contribution is -2.32. The van der Waals surface area contributed by atoms with Crippen molar-refractivity contribution in [2.45, 2.75) is 13.0 Å². The minimum Gasteiger partial charge on any atom is -0.380 e. The van der Waals surface area contributed by atoms with E-state index in [-0.39, 0.29) is 11.9 Å². The number of aromatic nitrogens is 1. The van der Waals surface area contributed by atoms with Crippen LogP contribution in [-0.2, 0) is 4.74 Å². The lowest BCUT2D eigenvalue weighted by molar-refractivity contribution is 0.122. The van der Waals surface area contributed by atoms with Crippen LogP contribution in [0.15, 0.2) is 18.3 Å². The summed E-state index contributed by atoms with van der Waals surface area (Å²) in [6.45, 7) is 2.93. The second-order valence-corrected chi connectivity index (χ2v) is 2.78. The normalized spacial score (nSPS) is 12.8. The zero-order valence-electron chi connectivity index (χ0n) is 8.03. The molecular weight excluding hydrogens is 185 g/mol. The fraction of sp³-hybridized carbons (Fsp3) is 0.444. The van der Waals surface area contributed by atoms with Gasteiger partial charge in [0.2, 0.25) is 0 Å². The van der Waals surface area contributed by atoms with E-state index in [2.05, 4.69) is 10.4 Å². The van der Waals surface area contributed by atoms with Gasteiger partial charge < -0.3 is 4.74 Å². The molecular formula is C9H14FN3O. The molecule has 0 aromatic carbocycles. The summed E-state index contributed by atoms with van der Waals surface area (Å²) in [4.78, 5) is 3.90. The number of nitrogens with zero attached hydrogens (tertiary/aromatic N) is 1. The molecule has 0 aliphatic carbocycles. The summed E-state index contributed by atoms with van der Waals surface area (Å²) in [6.07, 6.45) is 1.16. The molecule has 0 saturated heterocycles. The van der Waals surface area contributed by atoms with Crippen molar-refractivity contribution in [2.24, 2.45) is 5.84 Å². The van der Waals surface area contributed by atoms with Gasteiger partial charge in [-0.15, -0.1) is 0 Å². The maximum Gasteiger partial charge on any atom is 0.141 e. The highest BCUT2D eigenvalue weighted by Gasteiger charge is 2.10. The molecule has 14 heavy (non-hydrogen) atoms. The van der Waals surface area contributed by atoms with Crippen LogP contribution in [0.4, 0.5) is 4.39 Å². The second kappa shape index (κ2) is 5.64. The van der Waals surface area contributed by atoms with Gasteiger partial charge in [-0.3, -0.25) is 10.8 Å². The van der Waals surface area contributed by atoms with E-state index in [0.29, 0.717) is 18.9 Å². The monoisotopic (exact) mass is 199 g/mol. The van der Waals surface area contributed by atoms with Gasteiger partial charge in [-0.05, 0) is 19.1 Å². The molecule has 1 aromatic heterocycles. The number of pyridine rings is 1. The van der Waals surface area contributed by atoms with Crippen LogP contribution in [0.25, 0.3) is 0 Å². The summed E-state index contributed by atoms with van der Waals surface area (Å²) in [5.41, 5.74) is 3.23. The molecule has 5 heteroatoms. The van der Waals surface area contributed by atoms with Gasteiger partial charge in [0.15, 0.2) is 0 Å². The zero-order valence-corrected chi connectivity index (χ0v) is 8.03. The highest BCUT2D eigenvalue weighted by Crippen LogP contribution is 2.09. The topological polar surface area (TPSA) is 60.2 Å². The van der Waals surface area contributed by atoms with Crippen LogP contribution in [0.5, 0.6) is 0 Å². The first-order chi connectivity index (χ1) is 6.77. The first-order valence-electron chi connectivity index (χ1n) is 4.43. The van der Waals surface area contributed by atoms with Gasteiger partial charge in [-0.1, -0.05) is 0 Å². The molecule has 3 N–H and O–H groups in total. The Hall–Kier alpha value is -1.04. The lowest BCUT2D eigenvalue weighted by atomic mass is 10.2. The van der Waals surface area contributed by atoms with Gasteiger partial charge >= 0.3 is 0 Å². The average Bonchev–Trinajstić information content (AvgIpc) is 2.21. The van der Waals surface area contributed by atoms with Crippen LogP contribution in [0.1, 0.15) is 18.7 Å². The first kappa shape index (κ1) is 11.0. The fourth-order valence-corrected chi connectivity index (χ4v) is 1.05. The van der Waals surface area contributed by atoms with Crippen molar-refractivity contribution in [1.82, 2.24) is 10.4 Å². The van der Waals surface area contributed by atoms with Gasteiger partial charge in [0.25, 0.3) is 0 Å². The van der Waals surface area contributed by atoms with E-state index in [1.54, 1.807) is 6.07 Å². The number of nitrogens with one attached hydrogen (secondary N) is 1. The number of hydrazine groups is 1. The molecule has 1 heterocycles. The third-order valence-corrected chi connectivity index (χ3v) is 1.80. The maximum atomic E-state index is 12.6. The van der Waals surface area contributed by atoms with Crippen LogP contribution in [0.2, 0.25) is 0 Å². The average molecular weight is 199 g/mol. The smallest absolute Gasteiger partial charge is 0.141 e. The van der Waals surface area contributed by atoms with E-state index in [4.69, 9.17) is 10.6 Å². The quantitative estimate of drug-likeness (QED) is 0.543. The molecule has 1 unspecified atom stereocenters. The van der Waals surface area contributed by atoms with Gasteiger partial charge in [-0.2, -0.15) is 0 Å². The Labute approximate surface area is 82.2 Å². The van der Waals surface area contributed by atoms with Gasteiger partial charge in [0, 0.05) is 6.61 Å². The zero-order chi connectivity index (χ0) is 10.4. The lowest BCUT2D eigenvalue weighted by Gasteiger charge is -2.14. The maximum absolute atomic E-state index is 12.6. The first-order valence-corrected chi connectivity index (χ1v) is 4.43. The number of ether oxygens (including phenoxy) is 1. The van der Waals surface area contributed by atoms with Gasteiger partial charge in [-0.25, -0.2) is 9.82 Å². The molecule has 0 fully saturated rings. The number of rotatable bonds is 5. The third-order valence-electron chi connectivity index (χ3n) is 1.80. The molecule has 1 atom stereocenters. The Morgan fingerprint density at radius 3 is 2.93 bits per heavy atom. The van der Waals surface area contributed by atoms with Crippen molar-refractivity contribution >= 4 is 0 Å². The number of nitrogens with two attached hydrogens (primary N) is 1. The van der Waals surface area contributed by atoms with Crippen molar-refractivity contribution in [3.63, 3.8) is 0 Å². The van der Waals surface area contributed by atoms with E-state index in [1.165, 1.54) is 6.07 Å². The van der Waals surface area contributed by atoms with Crippen molar-refractivity contribution in [2.75, 3.05) is 13.2 Å². The Morgan fingerprint density at radius 2 is 2.43 bits per heavy atom. The summed E-state index contributed by atoms with van der Waals surface area (Å²) in [6, 6.07) is 2.73. The molecule has 0 aliphatic heterocycles. The van der Waals surface area contributed by atoms with Gasteiger partial charge in [0.05, 0.1) is 24.5 Å². The Morgan fingerprint density at radius 1 is 1.64 bits per heavy atom. The third kappa shape index (κ3) is 3.02. The number of hydrogen-bond donors (Lipinski definition) is 2. The minimum absolute atomic E-state index is 0.199. The SMILES string of the molecule is CCOCC(NN)c1ccc(F)cn1. The molecule has 1 aromatic rings. The van der Waals surface area contributed by atoms with Crippen LogP contribution >= 0.6 is 0 Å². The van der Waals surface area contributed by atoms with Crippen molar-refractivity contribution in [3.8, 4) is 0 Å². The van der Waals surface area contributed by atoms with Crippen molar-refractivity contribution in [3.05, 3.63) is 29.8 Å². The minimum atomic E-state index is -0.360. The molecule has 0 radical (unpaired) electrons. The van der Waals surface area contributed by atoms with E-state index in [0.717, 1.165) is 6.20 Å². The molecule has 0 aliphatic rings. The van der Waals surface area contributed by atoms with Crippen molar-refractivity contribution < 1.29 is 9.13 Å². The fourth-order valence-electron chi connectivity index (χ4n) is 1.05. The van der Waals surface area contributed by atoms with Crippen LogP contribution in [0.3, 0.4) is 0 Å². The molecule has 4 nitrogen and oxygen atoms in total. The van der Waals surface area contributed by atoms with E-state index in [9.17, 15) is 4.39 Å². The molecule has 1 rings (SSSR count). The van der Waals surface area contributed by atoms with Crippen LogP contribution in [0, 0.1) is 5.82 Å². The van der Waals surface area contributed by atoms with E-state index < -0.39 is 0 Å². The molecule has 0 saturated carbocycles. The highest BCUT2D eigenvalue weighted by molar-refractivity contribution is 5.09. The molecule has 0 spiro atoms. The van der Waals surface area contributed by atoms with E-state index in [1.807, 2.05) is 6.92 Å². The number of halogens is 1. The Bertz CT molecular complexity index is 265. The molecule has 0 amide bonds. The molecule has 78 valence electrons. The summed E-state index contributed by atoms with van der Waals surface area (Å²) < 4.78 is 17.8. The number of hydrogen-bond acceptors (Lipinski definition) is 4. The van der Waals surface area contributed by atoms with E-state index >= 15 is 0 Å². The summed E-state index contributed by atoms with van der Waals surface area (Å²) >= 11 is 0. The summed E-state index contributed by atoms with van der Waals surface area (Å²) in [5, 5.41) is 0. The van der Waals surface area contributed by atoms with Crippen LogP contribution < -0.4 is 11.3 Å². The predicted octanol–water partition coefficient (Wildman–Crippen LogP) is 0.762. The Kier molecular flexibility index (Phi) is 4.45. The van der Waals surface area contributed by atoms with Gasteiger partial charge in [0.1, 0.15) is 5.82 Å². The van der Waals surface area contributed by atoms with Crippen molar-refractivity contribution in [1.29, 1.82) is 0 Å². The summed E-state index contributed by atoms with van der Waals surface area (Å²) in [7, 11) is 0. The highest BCUT2D eigenvalue weighted by atomic mass is 19.1. The Balaban J connectivity index is 2.64. The largest absolute Gasteiger partial charge is 0.380 e. The summed E-state index contributed by atoms with van der Waals surface area (Å²) in [5.74, 6) is 4.96. The standard InChI is InChI=1S/C9H14FN3O/c1-2-14-6-9(13-11)8-4-3-7(10)5-12-8/h3-5,9,13H,2,6,11H2,1H3. The molecule has 0 bridgehead atoms. The second-order valence-electron chi connectivity index (χ2n) is 2.78. The van der Waals surface area contributed by atoms with Crippen LogP contribution in [-0.4, -0.2) is 18.2 Å².